The summed E-state index contributed by atoms with van der Waals surface area (Å²) in [4.78, 5) is 14.3. The van der Waals surface area contributed by atoms with Crippen molar-refractivity contribution in [3.63, 3.8) is 0 Å². The van der Waals surface area contributed by atoms with Crippen molar-refractivity contribution in [3.8, 4) is 11.5 Å². The zero-order chi connectivity index (χ0) is 17.6. The lowest BCUT2D eigenvalue weighted by Crippen LogP contribution is -2.44. The molecule has 1 aliphatic carbocycles. The number of aliphatic hydroxyl groups excluding tert-OH is 1. The van der Waals surface area contributed by atoms with E-state index in [2.05, 4.69) is 11.4 Å². The van der Waals surface area contributed by atoms with Gasteiger partial charge in [-0.05, 0) is 25.0 Å². The Bertz CT molecular complexity index is 732. The highest BCUT2D eigenvalue weighted by Crippen LogP contribution is 2.55. The van der Waals surface area contributed by atoms with E-state index >= 15 is 0 Å². The van der Waals surface area contributed by atoms with Crippen LogP contribution in [-0.2, 0) is 12.0 Å². The fourth-order valence-electron chi connectivity index (χ4n) is 4.37. The molecule has 1 unspecified atom stereocenters. The summed E-state index contributed by atoms with van der Waals surface area (Å²) in [7, 11) is 1.64. The molecule has 6 nitrogen and oxygen atoms in total. The first-order valence-corrected chi connectivity index (χ1v) is 8.86. The molecule has 1 aromatic carbocycles. The second-order valence-corrected chi connectivity index (χ2v) is 6.95. The molecular formula is C19H24N2O4. The van der Waals surface area contributed by atoms with Crippen LogP contribution in [0, 0.1) is 0 Å². The molecule has 6 heteroatoms. The number of carbonyl (C=O) groups excluding carboxylic acids is 1. The number of benzene rings is 1. The van der Waals surface area contributed by atoms with E-state index in [9.17, 15) is 9.90 Å². The normalized spacial score (nSPS) is 29.3. The summed E-state index contributed by atoms with van der Waals surface area (Å²) in [6.45, 7) is 3.72. The molecule has 134 valence electrons. The molecule has 3 aliphatic rings. The van der Waals surface area contributed by atoms with E-state index in [0.717, 1.165) is 23.3 Å². The maximum absolute atomic E-state index is 12.4. The molecule has 3 atom stereocenters. The van der Waals surface area contributed by atoms with Crippen LogP contribution in [0.4, 0.5) is 4.79 Å². The number of nitrogens with one attached hydrogen (secondary N) is 1. The molecular weight excluding hydrogens is 320 g/mol. The van der Waals surface area contributed by atoms with Gasteiger partial charge in [-0.15, -0.1) is 0 Å². The maximum Gasteiger partial charge on any atom is 0.317 e. The summed E-state index contributed by atoms with van der Waals surface area (Å²) < 4.78 is 11.8. The number of aliphatic hydroxyl groups is 1. The second-order valence-electron chi connectivity index (χ2n) is 6.95. The van der Waals surface area contributed by atoms with Crippen molar-refractivity contribution >= 4 is 6.03 Å². The molecule has 0 bridgehead atoms. The quantitative estimate of drug-likeness (QED) is 0.805. The molecule has 1 aromatic rings. The average Bonchev–Trinajstić information content (AvgIpc) is 2.83. The van der Waals surface area contributed by atoms with Crippen molar-refractivity contribution in [2.45, 2.75) is 43.9 Å². The maximum atomic E-state index is 12.4. The highest BCUT2D eigenvalue weighted by Gasteiger charge is 2.53. The van der Waals surface area contributed by atoms with Crippen LogP contribution in [0.15, 0.2) is 24.3 Å². The number of nitrogens with zero attached hydrogens (tertiary/aromatic N) is 1. The summed E-state index contributed by atoms with van der Waals surface area (Å²) >= 11 is 0. The van der Waals surface area contributed by atoms with Crippen molar-refractivity contribution in [1.29, 1.82) is 0 Å². The first kappa shape index (κ1) is 16.3. The third kappa shape index (κ3) is 2.39. The Labute approximate surface area is 147 Å². The standard InChI is InChI=1S/C19H24N2O4/c1-3-20-18(23)21-9-8-19-7-6-13(22)10-15(19)25-17-14(24-2)5-4-12(11-21)16(17)19/h4-7,13,15,22H,3,8-11H2,1-2H3,(H,20,23)/t13-,15-,19?/m1/s1. The van der Waals surface area contributed by atoms with Gasteiger partial charge in [0.1, 0.15) is 6.10 Å². The predicted molar refractivity (Wildman–Crippen MR) is 93.0 cm³/mol. The van der Waals surface area contributed by atoms with Crippen LogP contribution in [0.2, 0.25) is 0 Å². The van der Waals surface area contributed by atoms with E-state index in [4.69, 9.17) is 9.47 Å². The van der Waals surface area contributed by atoms with E-state index in [0.29, 0.717) is 31.8 Å². The lowest BCUT2D eigenvalue weighted by atomic mass is 9.69. The minimum absolute atomic E-state index is 0.0410. The van der Waals surface area contributed by atoms with Gasteiger partial charge in [0, 0.05) is 31.6 Å². The SMILES string of the molecule is CCNC(=O)N1CCC23C=C[C@@H](O)C[C@H]2Oc2c(OC)ccc(c23)C1. The Morgan fingerprint density at radius 3 is 3.12 bits per heavy atom. The summed E-state index contributed by atoms with van der Waals surface area (Å²) in [6.07, 6.45) is 4.64. The van der Waals surface area contributed by atoms with E-state index in [1.807, 2.05) is 30.0 Å². The third-order valence-electron chi connectivity index (χ3n) is 5.57. The van der Waals surface area contributed by atoms with E-state index < -0.39 is 6.10 Å². The van der Waals surface area contributed by atoms with Crippen molar-refractivity contribution in [3.05, 3.63) is 35.4 Å². The van der Waals surface area contributed by atoms with Gasteiger partial charge in [0.25, 0.3) is 0 Å². The average molecular weight is 344 g/mol. The number of hydrogen-bond donors (Lipinski definition) is 2. The molecule has 0 saturated heterocycles. The molecule has 2 aliphatic heterocycles. The highest BCUT2D eigenvalue weighted by atomic mass is 16.5. The Hall–Kier alpha value is -2.21. The summed E-state index contributed by atoms with van der Waals surface area (Å²) in [5.41, 5.74) is 1.90. The zero-order valence-corrected chi connectivity index (χ0v) is 14.6. The summed E-state index contributed by atoms with van der Waals surface area (Å²) in [6, 6.07) is 3.89. The molecule has 2 heterocycles. The van der Waals surface area contributed by atoms with Gasteiger partial charge in [-0.3, -0.25) is 0 Å². The molecule has 2 N–H and O–H groups in total. The molecule has 0 fully saturated rings. The van der Waals surface area contributed by atoms with Crippen molar-refractivity contribution < 1.29 is 19.4 Å². The van der Waals surface area contributed by atoms with Crippen LogP contribution < -0.4 is 14.8 Å². The van der Waals surface area contributed by atoms with Crippen molar-refractivity contribution in [1.82, 2.24) is 10.2 Å². The van der Waals surface area contributed by atoms with Gasteiger partial charge in [0.15, 0.2) is 11.5 Å². The molecule has 0 aromatic heterocycles. The van der Waals surface area contributed by atoms with Crippen LogP contribution in [0.25, 0.3) is 0 Å². The molecule has 25 heavy (non-hydrogen) atoms. The van der Waals surface area contributed by atoms with Crippen molar-refractivity contribution in [2.24, 2.45) is 0 Å². The van der Waals surface area contributed by atoms with Gasteiger partial charge >= 0.3 is 6.03 Å². The van der Waals surface area contributed by atoms with Gasteiger partial charge in [-0.1, -0.05) is 18.2 Å². The highest BCUT2D eigenvalue weighted by molar-refractivity contribution is 5.75. The van der Waals surface area contributed by atoms with E-state index in [1.54, 1.807) is 7.11 Å². The van der Waals surface area contributed by atoms with Gasteiger partial charge in [-0.2, -0.15) is 0 Å². The Balaban J connectivity index is 1.83. The third-order valence-corrected chi connectivity index (χ3v) is 5.57. The number of urea groups is 1. The van der Waals surface area contributed by atoms with Gasteiger partial charge in [0.05, 0.1) is 18.6 Å². The van der Waals surface area contributed by atoms with Crippen LogP contribution in [0.3, 0.4) is 0 Å². The number of methoxy groups -OCH3 is 1. The lowest BCUT2D eigenvalue weighted by Gasteiger charge is -2.35. The number of ether oxygens (including phenoxy) is 2. The van der Waals surface area contributed by atoms with Crippen LogP contribution in [0.1, 0.15) is 30.9 Å². The Kier molecular flexibility index (Phi) is 3.87. The summed E-state index contributed by atoms with van der Waals surface area (Å²) in [5.74, 6) is 1.48. The Morgan fingerprint density at radius 1 is 1.52 bits per heavy atom. The van der Waals surface area contributed by atoms with Crippen LogP contribution in [0.5, 0.6) is 11.5 Å². The zero-order valence-electron chi connectivity index (χ0n) is 14.6. The molecule has 0 saturated carbocycles. The summed E-state index contributed by atoms with van der Waals surface area (Å²) in [5, 5.41) is 13.0. The number of rotatable bonds is 2. The van der Waals surface area contributed by atoms with E-state index in [-0.39, 0.29) is 17.6 Å². The lowest BCUT2D eigenvalue weighted by molar-refractivity contribution is 0.0821. The number of hydrogen-bond acceptors (Lipinski definition) is 4. The Morgan fingerprint density at radius 2 is 2.36 bits per heavy atom. The topological polar surface area (TPSA) is 71.0 Å². The first-order valence-electron chi connectivity index (χ1n) is 8.86. The number of amides is 2. The fourth-order valence-corrected chi connectivity index (χ4v) is 4.37. The van der Waals surface area contributed by atoms with Gasteiger partial charge in [0.2, 0.25) is 0 Å². The fraction of sp³-hybridized carbons (Fsp3) is 0.526. The van der Waals surface area contributed by atoms with Crippen molar-refractivity contribution in [2.75, 3.05) is 20.2 Å². The molecule has 4 rings (SSSR count). The minimum atomic E-state index is -0.498. The van der Waals surface area contributed by atoms with Crippen LogP contribution in [-0.4, -0.2) is 48.4 Å². The first-order chi connectivity index (χ1) is 12.1. The largest absolute Gasteiger partial charge is 0.493 e. The second kappa shape index (κ2) is 5.95. The molecule has 2 amide bonds. The number of carbonyl (C=O) groups is 1. The minimum Gasteiger partial charge on any atom is -0.493 e. The molecule has 1 spiro atoms. The van der Waals surface area contributed by atoms with Gasteiger partial charge < -0.3 is 24.8 Å². The van der Waals surface area contributed by atoms with Crippen LogP contribution >= 0.6 is 0 Å². The van der Waals surface area contributed by atoms with Gasteiger partial charge in [-0.25, -0.2) is 4.79 Å². The molecule has 0 radical (unpaired) electrons. The smallest absolute Gasteiger partial charge is 0.317 e. The van der Waals surface area contributed by atoms with E-state index in [1.165, 1.54) is 0 Å². The monoisotopic (exact) mass is 344 g/mol. The predicted octanol–water partition coefficient (Wildman–Crippen LogP) is 1.95.